The summed E-state index contributed by atoms with van der Waals surface area (Å²) in [6.45, 7) is 1.87. The Morgan fingerprint density at radius 3 is 3.00 bits per heavy atom. The lowest BCUT2D eigenvalue weighted by molar-refractivity contribution is -0.140. The lowest BCUT2D eigenvalue weighted by Crippen LogP contribution is -2.20. The van der Waals surface area contributed by atoms with E-state index in [-0.39, 0.29) is 0 Å². The number of hydrogen-bond acceptors (Lipinski definition) is 4. The predicted octanol–water partition coefficient (Wildman–Crippen LogP) is 0.603. The van der Waals surface area contributed by atoms with Gasteiger partial charge in [-0.15, -0.1) is 0 Å². The molecule has 1 rings (SSSR count). The zero-order valence-corrected chi connectivity index (χ0v) is 7.82. The normalized spacial score (nSPS) is 23.8. The first kappa shape index (κ1) is 10.1. The van der Waals surface area contributed by atoms with Gasteiger partial charge in [0, 0.05) is 6.42 Å². The molecule has 0 saturated carbocycles. The van der Waals surface area contributed by atoms with Gasteiger partial charge in [-0.1, -0.05) is 6.92 Å². The highest BCUT2D eigenvalue weighted by Crippen LogP contribution is 2.21. The highest BCUT2D eigenvalue weighted by Gasteiger charge is 2.28. The first-order valence-electron chi connectivity index (χ1n) is 4.31. The number of carbonyl (C=O) groups excluding carboxylic acids is 1. The van der Waals surface area contributed by atoms with Crippen LogP contribution in [0.4, 0.5) is 0 Å². The van der Waals surface area contributed by atoms with Gasteiger partial charge in [-0.05, 0) is 6.42 Å². The van der Waals surface area contributed by atoms with Gasteiger partial charge in [0.15, 0.2) is 6.10 Å². The molecule has 0 aromatic heterocycles. The standard InChI is InChI=1S/C9H14O4/c1-3-6(10)4-8-7(12-2)5-9(11)13-8/h5-6,8,10H,3-4H2,1-2H3/t6-,8?/m0/s1. The van der Waals surface area contributed by atoms with Gasteiger partial charge in [-0.3, -0.25) is 0 Å². The number of carbonyl (C=O) groups is 1. The van der Waals surface area contributed by atoms with Gasteiger partial charge in [0.1, 0.15) is 5.76 Å². The van der Waals surface area contributed by atoms with Crippen LogP contribution in [0.3, 0.4) is 0 Å². The van der Waals surface area contributed by atoms with E-state index >= 15 is 0 Å². The topological polar surface area (TPSA) is 55.8 Å². The third-order valence-electron chi connectivity index (χ3n) is 2.03. The Morgan fingerprint density at radius 1 is 1.77 bits per heavy atom. The number of methoxy groups -OCH3 is 1. The van der Waals surface area contributed by atoms with E-state index in [1.165, 1.54) is 13.2 Å². The van der Waals surface area contributed by atoms with Crippen LogP contribution < -0.4 is 0 Å². The van der Waals surface area contributed by atoms with Gasteiger partial charge in [0.05, 0.1) is 19.3 Å². The van der Waals surface area contributed by atoms with Crippen LogP contribution in [0.25, 0.3) is 0 Å². The van der Waals surface area contributed by atoms with E-state index in [2.05, 4.69) is 0 Å². The number of aliphatic hydroxyl groups excluding tert-OH is 1. The number of aliphatic hydroxyl groups is 1. The maximum absolute atomic E-state index is 10.8. The third-order valence-corrected chi connectivity index (χ3v) is 2.03. The van der Waals surface area contributed by atoms with Crippen molar-refractivity contribution in [3.63, 3.8) is 0 Å². The van der Waals surface area contributed by atoms with E-state index in [0.717, 1.165) is 0 Å². The van der Waals surface area contributed by atoms with Gasteiger partial charge in [0.25, 0.3) is 0 Å². The Kier molecular flexibility index (Phi) is 3.31. The summed E-state index contributed by atoms with van der Waals surface area (Å²) in [7, 11) is 1.49. The predicted molar refractivity (Wildman–Crippen MR) is 45.9 cm³/mol. The second-order valence-electron chi connectivity index (χ2n) is 2.97. The minimum Gasteiger partial charge on any atom is -0.497 e. The molecule has 13 heavy (non-hydrogen) atoms. The van der Waals surface area contributed by atoms with Gasteiger partial charge in [0.2, 0.25) is 0 Å². The maximum Gasteiger partial charge on any atom is 0.335 e. The van der Waals surface area contributed by atoms with Crippen LogP contribution in [-0.2, 0) is 14.3 Å². The monoisotopic (exact) mass is 186 g/mol. The van der Waals surface area contributed by atoms with Crippen molar-refractivity contribution in [2.75, 3.05) is 7.11 Å². The minimum absolute atomic E-state index is 0.398. The molecule has 1 aliphatic heterocycles. The van der Waals surface area contributed by atoms with Gasteiger partial charge < -0.3 is 14.6 Å². The summed E-state index contributed by atoms with van der Waals surface area (Å²) in [5.41, 5.74) is 0. The van der Waals surface area contributed by atoms with Crippen molar-refractivity contribution in [3.05, 3.63) is 11.8 Å². The lowest BCUT2D eigenvalue weighted by Gasteiger charge is -2.15. The molecule has 4 nitrogen and oxygen atoms in total. The van der Waals surface area contributed by atoms with Crippen LogP contribution in [0, 0.1) is 0 Å². The van der Waals surface area contributed by atoms with E-state index in [1.807, 2.05) is 6.92 Å². The van der Waals surface area contributed by atoms with E-state index in [0.29, 0.717) is 18.6 Å². The smallest absolute Gasteiger partial charge is 0.335 e. The third kappa shape index (κ3) is 2.45. The molecule has 1 aliphatic rings. The second kappa shape index (κ2) is 4.28. The number of esters is 1. The molecule has 1 unspecified atom stereocenters. The van der Waals surface area contributed by atoms with Crippen molar-refractivity contribution in [1.82, 2.24) is 0 Å². The number of ether oxygens (including phenoxy) is 2. The van der Waals surface area contributed by atoms with Gasteiger partial charge in [-0.2, -0.15) is 0 Å². The summed E-state index contributed by atoms with van der Waals surface area (Å²) < 4.78 is 9.86. The summed E-state index contributed by atoms with van der Waals surface area (Å²) in [6, 6.07) is 0. The molecule has 74 valence electrons. The molecule has 1 N–H and O–H groups in total. The van der Waals surface area contributed by atoms with Gasteiger partial charge >= 0.3 is 5.97 Å². The van der Waals surface area contributed by atoms with Crippen molar-refractivity contribution in [2.24, 2.45) is 0 Å². The molecule has 0 bridgehead atoms. The molecular weight excluding hydrogens is 172 g/mol. The summed E-state index contributed by atoms with van der Waals surface area (Å²) in [4.78, 5) is 10.8. The quantitative estimate of drug-likeness (QED) is 0.653. The molecule has 0 aromatic rings. The SMILES string of the molecule is CC[C@H](O)CC1OC(=O)C=C1OC. The average Bonchev–Trinajstić information content (AvgIpc) is 2.46. The van der Waals surface area contributed by atoms with E-state index in [9.17, 15) is 9.90 Å². The average molecular weight is 186 g/mol. The van der Waals surface area contributed by atoms with Gasteiger partial charge in [-0.25, -0.2) is 4.79 Å². The summed E-state index contributed by atoms with van der Waals surface area (Å²) in [6.07, 6.45) is 1.50. The molecular formula is C9H14O4. The first-order chi connectivity index (χ1) is 6.17. The molecule has 0 spiro atoms. The van der Waals surface area contributed by atoms with E-state index in [1.54, 1.807) is 0 Å². The minimum atomic E-state index is -0.450. The fourth-order valence-corrected chi connectivity index (χ4v) is 1.21. The first-order valence-corrected chi connectivity index (χ1v) is 4.31. The molecule has 0 aromatic carbocycles. The highest BCUT2D eigenvalue weighted by molar-refractivity contribution is 5.85. The largest absolute Gasteiger partial charge is 0.497 e. The van der Waals surface area contributed by atoms with Crippen LogP contribution in [0.1, 0.15) is 19.8 Å². The Morgan fingerprint density at radius 2 is 2.46 bits per heavy atom. The van der Waals surface area contributed by atoms with Crippen molar-refractivity contribution >= 4 is 5.97 Å². The maximum atomic E-state index is 10.8. The highest BCUT2D eigenvalue weighted by atomic mass is 16.6. The fourth-order valence-electron chi connectivity index (χ4n) is 1.21. The number of rotatable bonds is 4. The second-order valence-corrected chi connectivity index (χ2v) is 2.97. The Hall–Kier alpha value is -1.03. The van der Waals surface area contributed by atoms with Crippen LogP contribution in [0.15, 0.2) is 11.8 Å². The van der Waals surface area contributed by atoms with Crippen molar-refractivity contribution in [2.45, 2.75) is 32.0 Å². The molecule has 1 heterocycles. The zero-order valence-electron chi connectivity index (χ0n) is 7.82. The van der Waals surface area contributed by atoms with Crippen LogP contribution >= 0.6 is 0 Å². The molecule has 0 fully saturated rings. The Balaban J connectivity index is 2.52. The molecule has 2 atom stereocenters. The molecule has 0 saturated heterocycles. The molecule has 0 radical (unpaired) electrons. The van der Waals surface area contributed by atoms with Crippen molar-refractivity contribution < 1.29 is 19.4 Å². The van der Waals surface area contributed by atoms with Crippen LogP contribution in [0.2, 0.25) is 0 Å². The Labute approximate surface area is 77.1 Å². The summed E-state index contributed by atoms with van der Waals surface area (Å²) in [5.74, 6) is 0.0997. The molecule has 0 amide bonds. The number of cyclic esters (lactones) is 1. The van der Waals surface area contributed by atoms with Crippen LogP contribution in [-0.4, -0.2) is 30.4 Å². The van der Waals surface area contributed by atoms with E-state index < -0.39 is 18.2 Å². The Bertz CT molecular complexity index is 222. The summed E-state index contributed by atoms with van der Waals surface area (Å²) in [5, 5.41) is 9.34. The van der Waals surface area contributed by atoms with Crippen molar-refractivity contribution in [3.8, 4) is 0 Å². The van der Waals surface area contributed by atoms with Crippen LogP contribution in [0.5, 0.6) is 0 Å². The molecule has 4 heteroatoms. The van der Waals surface area contributed by atoms with E-state index in [4.69, 9.17) is 9.47 Å². The number of hydrogen-bond donors (Lipinski definition) is 1. The zero-order chi connectivity index (χ0) is 9.84. The fraction of sp³-hybridized carbons (Fsp3) is 0.667. The van der Waals surface area contributed by atoms with Crippen molar-refractivity contribution in [1.29, 1.82) is 0 Å². The molecule has 0 aliphatic carbocycles. The summed E-state index contributed by atoms with van der Waals surface area (Å²) >= 11 is 0. The lowest BCUT2D eigenvalue weighted by atomic mass is 10.1.